The number of fused-ring (bicyclic) bond motifs is 2. The van der Waals surface area contributed by atoms with Crippen LogP contribution in [0.1, 0.15) is 29.8 Å². The Morgan fingerprint density at radius 1 is 1.24 bits per heavy atom. The van der Waals surface area contributed by atoms with Gasteiger partial charge in [0.1, 0.15) is 0 Å². The predicted octanol–water partition coefficient (Wildman–Crippen LogP) is 2.39. The maximum atomic E-state index is 4.68. The van der Waals surface area contributed by atoms with Crippen molar-refractivity contribution < 1.29 is 0 Å². The van der Waals surface area contributed by atoms with E-state index >= 15 is 0 Å². The summed E-state index contributed by atoms with van der Waals surface area (Å²) >= 11 is 1.68. The van der Waals surface area contributed by atoms with Gasteiger partial charge < -0.3 is 4.90 Å². The largest absolute Gasteiger partial charge is 0.352 e. The van der Waals surface area contributed by atoms with Crippen LogP contribution in [0, 0.1) is 0 Å². The summed E-state index contributed by atoms with van der Waals surface area (Å²) in [6.07, 6.45) is 8.99. The number of thiazole rings is 1. The fourth-order valence-electron chi connectivity index (χ4n) is 3.79. The molecule has 7 heteroatoms. The Kier molecular flexibility index (Phi) is 3.71. The lowest BCUT2D eigenvalue weighted by Crippen LogP contribution is -2.58. The number of anilines is 1. The van der Waals surface area contributed by atoms with Crippen molar-refractivity contribution in [2.45, 2.75) is 38.3 Å². The van der Waals surface area contributed by atoms with Gasteiger partial charge in [-0.25, -0.2) is 4.98 Å². The average molecular weight is 354 g/mol. The first kappa shape index (κ1) is 15.3. The van der Waals surface area contributed by atoms with Crippen LogP contribution in [0.25, 0.3) is 4.96 Å². The third-order valence-electron chi connectivity index (χ3n) is 5.42. The third-order valence-corrected chi connectivity index (χ3v) is 6.19. The molecule has 4 heterocycles. The van der Waals surface area contributed by atoms with E-state index in [4.69, 9.17) is 0 Å². The summed E-state index contributed by atoms with van der Waals surface area (Å²) in [5.41, 5.74) is 3.76. The third kappa shape index (κ3) is 2.81. The molecule has 0 radical (unpaired) electrons. The number of imidazole rings is 1. The average Bonchev–Trinajstić information content (AvgIpc) is 3.14. The fourth-order valence-corrected chi connectivity index (χ4v) is 4.51. The van der Waals surface area contributed by atoms with Gasteiger partial charge in [-0.15, -0.1) is 16.4 Å². The van der Waals surface area contributed by atoms with E-state index in [0.717, 1.165) is 48.9 Å². The van der Waals surface area contributed by atoms with Gasteiger partial charge in [-0.3, -0.25) is 9.30 Å². The van der Waals surface area contributed by atoms with Gasteiger partial charge >= 0.3 is 0 Å². The van der Waals surface area contributed by atoms with Crippen molar-refractivity contribution in [3.8, 4) is 0 Å². The minimum absolute atomic E-state index is 0.553. The van der Waals surface area contributed by atoms with Gasteiger partial charge in [0, 0.05) is 43.4 Å². The van der Waals surface area contributed by atoms with Crippen LogP contribution in [0.4, 0.5) is 5.82 Å². The Balaban J connectivity index is 1.21. The van der Waals surface area contributed by atoms with Crippen LogP contribution in [0.5, 0.6) is 0 Å². The molecule has 0 atom stereocenters. The number of nitrogens with zero attached hydrogens (tertiary/aromatic N) is 6. The van der Waals surface area contributed by atoms with Crippen molar-refractivity contribution in [2.75, 3.05) is 25.0 Å². The monoisotopic (exact) mass is 354 g/mol. The van der Waals surface area contributed by atoms with Gasteiger partial charge in [-0.2, -0.15) is 5.10 Å². The van der Waals surface area contributed by atoms with E-state index in [0.29, 0.717) is 6.04 Å². The van der Waals surface area contributed by atoms with Crippen LogP contribution in [-0.2, 0) is 19.4 Å². The summed E-state index contributed by atoms with van der Waals surface area (Å²) in [5.74, 6) is 1.05. The number of aromatic nitrogens is 4. The molecule has 6 nitrogen and oxygen atoms in total. The van der Waals surface area contributed by atoms with E-state index in [9.17, 15) is 0 Å². The van der Waals surface area contributed by atoms with E-state index < -0.39 is 0 Å². The van der Waals surface area contributed by atoms with E-state index in [1.54, 1.807) is 11.3 Å². The molecule has 1 saturated heterocycles. The van der Waals surface area contributed by atoms with Gasteiger partial charge in [0.15, 0.2) is 10.8 Å². The van der Waals surface area contributed by atoms with Gasteiger partial charge in [-0.1, -0.05) is 0 Å². The van der Waals surface area contributed by atoms with Gasteiger partial charge in [-0.05, 0) is 44.4 Å². The lowest BCUT2D eigenvalue weighted by Gasteiger charge is -2.44. The zero-order valence-electron chi connectivity index (χ0n) is 14.4. The Bertz CT molecular complexity index is 865. The molecule has 0 bridgehead atoms. The molecule has 25 heavy (non-hydrogen) atoms. The zero-order chi connectivity index (χ0) is 16.8. The van der Waals surface area contributed by atoms with Crippen molar-refractivity contribution >= 4 is 22.1 Å². The second kappa shape index (κ2) is 6.07. The molecule has 1 aliphatic carbocycles. The van der Waals surface area contributed by atoms with Gasteiger partial charge in [0.25, 0.3) is 0 Å². The molecule has 130 valence electrons. The van der Waals surface area contributed by atoms with E-state index in [2.05, 4.69) is 60.3 Å². The maximum absolute atomic E-state index is 4.68. The fraction of sp³-hybridized carbons (Fsp3) is 0.500. The minimum Gasteiger partial charge on any atom is -0.352 e. The zero-order valence-corrected chi connectivity index (χ0v) is 15.2. The molecule has 1 fully saturated rings. The summed E-state index contributed by atoms with van der Waals surface area (Å²) in [6.45, 7) is 2.93. The molecule has 0 aromatic carbocycles. The molecule has 0 amide bonds. The number of hydrogen-bond acceptors (Lipinski definition) is 6. The Morgan fingerprint density at radius 2 is 2.12 bits per heavy atom. The molecule has 2 aliphatic rings. The Morgan fingerprint density at radius 3 is 3.00 bits per heavy atom. The second-order valence-electron chi connectivity index (χ2n) is 7.18. The standard InChI is InChI=1S/C18H22N6S/c1-22(9-14-10-23-6-7-25-18(23)19-14)15-11-24(12-15)17-8-13-4-2-3-5-16(13)20-21-17/h6-8,10,15H,2-5,9,11-12H2,1H3. The lowest BCUT2D eigenvalue weighted by molar-refractivity contribution is 0.195. The highest BCUT2D eigenvalue weighted by atomic mass is 32.1. The van der Waals surface area contributed by atoms with Crippen LogP contribution in [0.2, 0.25) is 0 Å². The molecule has 3 aromatic heterocycles. The minimum atomic E-state index is 0.553. The molecule has 0 N–H and O–H groups in total. The maximum Gasteiger partial charge on any atom is 0.193 e. The van der Waals surface area contributed by atoms with Crippen LogP contribution in [0.3, 0.4) is 0 Å². The second-order valence-corrected chi connectivity index (χ2v) is 8.05. The van der Waals surface area contributed by atoms with Crippen LogP contribution in [0.15, 0.2) is 23.8 Å². The molecule has 0 spiro atoms. The topological polar surface area (TPSA) is 49.6 Å². The predicted molar refractivity (Wildman–Crippen MR) is 99.2 cm³/mol. The molecule has 0 unspecified atom stereocenters. The van der Waals surface area contributed by atoms with Crippen LogP contribution >= 0.6 is 11.3 Å². The van der Waals surface area contributed by atoms with Crippen molar-refractivity contribution in [1.82, 2.24) is 24.5 Å². The first-order valence-corrected chi connectivity index (χ1v) is 9.86. The highest BCUT2D eigenvalue weighted by Gasteiger charge is 2.32. The molecule has 0 saturated carbocycles. The van der Waals surface area contributed by atoms with Crippen LogP contribution in [-0.4, -0.2) is 50.7 Å². The normalized spacial score (nSPS) is 17.9. The highest BCUT2D eigenvalue weighted by Crippen LogP contribution is 2.26. The van der Waals surface area contributed by atoms with Crippen LogP contribution < -0.4 is 4.90 Å². The number of hydrogen-bond donors (Lipinski definition) is 0. The summed E-state index contributed by atoms with van der Waals surface area (Å²) in [4.78, 5) is 10.5. The summed E-state index contributed by atoms with van der Waals surface area (Å²) < 4.78 is 2.10. The van der Waals surface area contributed by atoms with Crippen molar-refractivity contribution in [1.29, 1.82) is 0 Å². The van der Waals surface area contributed by atoms with Gasteiger partial charge in [0.2, 0.25) is 0 Å². The SMILES string of the molecule is CN(Cc1cn2ccsc2n1)C1CN(c2cc3c(nn2)CCCC3)C1. The van der Waals surface area contributed by atoms with E-state index in [-0.39, 0.29) is 0 Å². The van der Waals surface area contributed by atoms with Crippen molar-refractivity contribution in [3.05, 3.63) is 40.8 Å². The Labute approximate surface area is 151 Å². The molecule has 3 aromatic rings. The molecular weight excluding hydrogens is 332 g/mol. The number of rotatable bonds is 4. The molecule has 1 aliphatic heterocycles. The summed E-state index contributed by atoms with van der Waals surface area (Å²) in [7, 11) is 2.19. The number of likely N-dealkylation sites (N-methyl/N-ethyl adjacent to an activating group) is 1. The summed E-state index contributed by atoms with van der Waals surface area (Å²) in [6, 6.07) is 2.82. The quantitative estimate of drug-likeness (QED) is 0.720. The van der Waals surface area contributed by atoms with E-state index in [1.807, 2.05) is 0 Å². The Hall–Kier alpha value is -1.99. The smallest absolute Gasteiger partial charge is 0.193 e. The first-order chi connectivity index (χ1) is 12.3. The van der Waals surface area contributed by atoms with Gasteiger partial charge in [0.05, 0.1) is 11.4 Å². The van der Waals surface area contributed by atoms with Crippen molar-refractivity contribution in [2.24, 2.45) is 0 Å². The number of aryl methyl sites for hydroxylation is 2. The highest BCUT2D eigenvalue weighted by molar-refractivity contribution is 7.15. The first-order valence-electron chi connectivity index (χ1n) is 8.98. The lowest BCUT2D eigenvalue weighted by atomic mass is 9.96. The van der Waals surface area contributed by atoms with Crippen molar-refractivity contribution in [3.63, 3.8) is 0 Å². The molecule has 5 rings (SSSR count). The summed E-state index contributed by atoms with van der Waals surface area (Å²) in [5, 5.41) is 11.0. The molecular formula is C18H22N6S. The van der Waals surface area contributed by atoms with E-state index in [1.165, 1.54) is 24.1 Å².